The van der Waals surface area contributed by atoms with Crippen LogP contribution in [0.5, 0.6) is 0 Å². The van der Waals surface area contributed by atoms with Gasteiger partial charge >= 0.3 is 0 Å². The second-order valence-electron chi connectivity index (χ2n) is 6.40. The molecule has 26 heavy (non-hydrogen) atoms. The Morgan fingerprint density at radius 3 is 1.15 bits per heavy atom. The lowest BCUT2D eigenvalue weighted by atomic mass is 9.97. The van der Waals surface area contributed by atoms with Crippen molar-refractivity contribution in [3.05, 3.63) is 83.9 Å². The summed E-state index contributed by atoms with van der Waals surface area (Å²) in [5.74, 6) is -6.33. The first kappa shape index (κ1) is 15.1. The maximum Gasteiger partial charge on any atom is 0.198 e. The number of fused-ring (bicyclic) bond motifs is 4. The third-order valence-corrected chi connectivity index (χ3v) is 4.85. The third-order valence-electron chi connectivity index (χ3n) is 4.85. The van der Waals surface area contributed by atoms with Crippen LogP contribution in [-0.2, 0) is 0 Å². The third kappa shape index (κ3) is 2.02. The second kappa shape index (κ2) is 5.18. The van der Waals surface area contributed by atoms with Gasteiger partial charge in [-0.2, -0.15) is 0 Å². The maximum absolute atomic E-state index is 14.1. The van der Waals surface area contributed by atoms with Gasteiger partial charge in [-0.3, -0.25) is 0 Å². The molecule has 5 rings (SSSR count). The average Bonchev–Trinajstić information content (AvgIpc) is 2.66. The molecule has 0 spiro atoms. The Balaban J connectivity index is 1.93. The van der Waals surface area contributed by atoms with Crippen molar-refractivity contribution in [3.63, 3.8) is 0 Å². The molecule has 0 radical (unpaired) electrons. The summed E-state index contributed by atoms with van der Waals surface area (Å²) in [7, 11) is 0. The Bertz CT molecular complexity index is 1260. The van der Waals surface area contributed by atoms with E-state index < -0.39 is 23.3 Å². The lowest BCUT2D eigenvalue weighted by Gasteiger charge is -2.09. The standard InChI is InChI=1S/C22H10F4/c23-19-17-9-15-7-13-5-11-3-1-2-4-12(11)6-14(13)8-16(15)10-18(17)20(24)22(26)21(19)25/h1-10H. The van der Waals surface area contributed by atoms with Crippen molar-refractivity contribution in [2.45, 2.75) is 0 Å². The predicted molar refractivity (Wildman–Crippen MR) is 96.3 cm³/mol. The smallest absolute Gasteiger partial charge is 0.198 e. The van der Waals surface area contributed by atoms with E-state index in [2.05, 4.69) is 0 Å². The molecule has 0 heterocycles. The molecule has 0 nitrogen and oxygen atoms in total. The highest BCUT2D eigenvalue weighted by Crippen LogP contribution is 2.33. The fraction of sp³-hybridized carbons (Fsp3) is 0. The predicted octanol–water partition coefficient (Wildman–Crippen LogP) is 6.86. The van der Waals surface area contributed by atoms with Gasteiger partial charge in [0.05, 0.1) is 0 Å². The minimum absolute atomic E-state index is 0.269. The van der Waals surface area contributed by atoms with Crippen molar-refractivity contribution in [1.29, 1.82) is 0 Å². The summed E-state index contributed by atoms with van der Waals surface area (Å²) in [6.45, 7) is 0. The Kier molecular flexibility index (Phi) is 3.02. The summed E-state index contributed by atoms with van der Waals surface area (Å²) < 4.78 is 55.3. The molecule has 5 aromatic rings. The van der Waals surface area contributed by atoms with Crippen molar-refractivity contribution >= 4 is 43.1 Å². The van der Waals surface area contributed by atoms with Crippen LogP contribution in [0.25, 0.3) is 43.1 Å². The molecule has 0 amide bonds. The van der Waals surface area contributed by atoms with E-state index in [0.29, 0.717) is 10.8 Å². The number of halogens is 4. The van der Waals surface area contributed by atoms with Crippen LogP contribution < -0.4 is 0 Å². The Morgan fingerprint density at radius 2 is 0.731 bits per heavy atom. The fourth-order valence-corrected chi connectivity index (χ4v) is 3.54. The van der Waals surface area contributed by atoms with Crippen molar-refractivity contribution in [3.8, 4) is 0 Å². The van der Waals surface area contributed by atoms with Gasteiger partial charge in [-0.1, -0.05) is 24.3 Å². The van der Waals surface area contributed by atoms with E-state index in [1.165, 1.54) is 12.1 Å². The van der Waals surface area contributed by atoms with Crippen LogP contribution in [0.3, 0.4) is 0 Å². The van der Waals surface area contributed by atoms with Gasteiger partial charge in [0.2, 0.25) is 0 Å². The number of benzene rings is 5. The van der Waals surface area contributed by atoms with Crippen LogP contribution in [0.15, 0.2) is 60.7 Å². The van der Waals surface area contributed by atoms with Crippen molar-refractivity contribution in [2.75, 3.05) is 0 Å². The quantitative estimate of drug-likeness (QED) is 0.124. The molecule has 0 aliphatic rings. The van der Waals surface area contributed by atoms with Crippen LogP contribution in [0.2, 0.25) is 0 Å². The molecular weight excluding hydrogens is 340 g/mol. The molecule has 0 aliphatic carbocycles. The Morgan fingerprint density at radius 1 is 0.385 bits per heavy atom. The van der Waals surface area contributed by atoms with E-state index in [4.69, 9.17) is 0 Å². The molecule has 4 heteroatoms. The zero-order valence-corrected chi connectivity index (χ0v) is 13.3. The zero-order chi connectivity index (χ0) is 18.0. The van der Waals surface area contributed by atoms with Gasteiger partial charge in [-0.15, -0.1) is 0 Å². The normalized spacial score (nSPS) is 11.8. The van der Waals surface area contributed by atoms with Gasteiger partial charge in [0.25, 0.3) is 0 Å². The zero-order valence-electron chi connectivity index (χ0n) is 13.3. The topological polar surface area (TPSA) is 0 Å². The first-order valence-electron chi connectivity index (χ1n) is 8.05. The van der Waals surface area contributed by atoms with Gasteiger partial charge in [-0.25, -0.2) is 17.6 Å². The van der Waals surface area contributed by atoms with Gasteiger partial charge in [0, 0.05) is 10.8 Å². The number of hydrogen-bond acceptors (Lipinski definition) is 0. The molecule has 0 aliphatic heterocycles. The van der Waals surface area contributed by atoms with E-state index in [1.54, 1.807) is 0 Å². The molecular formula is C22H10F4. The van der Waals surface area contributed by atoms with Crippen LogP contribution in [0.4, 0.5) is 17.6 Å². The Labute approximate surface area is 145 Å². The monoisotopic (exact) mass is 350 g/mol. The highest BCUT2D eigenvalue weighted by molar-refractivity contribution is 6.08. The molecule has 5 aromatic carbocycles. The lowest BCUT2D eigenvalue weighted by Crippen LogP contribution is -1.98. The SMILES string of the molecule is Fc1c(F)c(F)c2cc3cc4cc5ccccc5cc4cc3cc2c1F. The summed E-state index contributed by atoms with van der Waals surface area (Å²) in [6.07, 6.45) is 0. The van der Waals surface area contributed by atoms with E-state index in [1.807, 2.05) is 48.5 Å². The summed E-state index contributed by atoms with van der Waals surface area (Å²) in [6, 6.07) is 18.3. The van der Waals surface area contributed by atoms with E-state index in [9.17, 15) is 17.6 Å². The van der Waals surface area contributed by atoms with E-state index in [0.717, 1.165) is 21.5 Å². The highest BCUT2D eigenvalue weighted by atomic mass is 19.2. The molecule has 0 saturated carbocycles. The molecule has 0 aromatic heterocycles. The van der Waals surface area contributed by atoms with E-state index >= 15 is 0 Å². The summed E-state index contributed by atoms with van der Waals surface area (Å²) in [5, 5.41) is 4.70. The van der Waals surface area contributed by atoms with Gasteiger partial charge in [-0.05, 0) is 68.7 Å². The van der Waals surface area contributed by atoms with Gasteiger partial charge in [0.1, 0.15) is 0 Å². The first-order valence-corrected chi connectivity index (χ1v) is 8.05. The molecule has 0 unspecified atom stereocenters. The summed E-state index contributed by atoms with van der Waals surface area (Å²) in [4.78, 5) is 0. The summed E-state index contributed by atoms with van der Waals surface area (Å²) in [5.41, 5.74) is 0. The number of rotatable bonds is 0. The lowest BCUT2D eigenvalue weighted by molar-refractivity contribution is 0.418. The van der Waals surface area contributed by atoms with Crippen LogP contribution in [0, 0.1) is 23.3 Å². The molecule has 0 fully saturated rings. The van der Waals surface area contributed by atoms with Crippen LogP contribution in [0.1, 0.15) is 0 Å². The maximum atomic E-state index is 14.1. The molecule has 0 N–H and O–H groups in total. The second-order valence-corrected chi connectivity index (χ2v) is 6.40. The summed E-state index contributed by atoms with van der Waals surface area (Å²) >= 11 is 0. The molecule has 126 valence electrons. The first-order chi connectivity index (χ1) is 12.5. The Hall–Kier alpha value is -3.14. The van der Waals surface area contributed by atoms with Crippen LogP contribution in [-0.4, -0.2) is 0 Å². The van der Waals surface area contributed by atoms with E-state index in [-0.39, 0.29) is 10.8 Å². The molecule has 0 atom stereocenters. The minimum Gasteiger partial charge on any atom is -0.203 e. The van der Waals surface area contributed by atoms with Gasteiger partial charge < -0.3 is 0 Å². The average molecular weight is 350 g/mol. The largest absolute Gasteiger partial charge is 0.203 e. The minimum atomic E-state index is -1.79. The van der Waals surface area contributed by atoms with Crippen molar-refractivity contribution in [2.24, 2.45) is 0 Å². The number of hydrogen-bond donors (Lipinski definition) is 0. The van der Waals surface area contributed by atoms with Crippen molar-refractivity contribution in [1.82, 2.24) is 0 Å². The molecule has 0 saturated heterocycles. The van der Waals surface area contributed by atoms with Gasteiger partial charge in [0.15, 0.2) is 23.3 Å². The van der Waals surface area contributed by atoms with Crippen LogP contribution >= 0.6 is 0 Å². The highest BCUT2D eigenvalue weighted by Gasteiger charge is 2.20. The van der Waals surface area contributed by atoms with Crippen molar-refractivity contribution < 1.29 is 17.6 Å². The fourth-order valence-electron chi connectivity index (χ4n) is 3.54. The molecule has 0 bridgehead atoms.